The van der Waals surface area contributed by atoms with E-state index in [9.17, 15) is 0 Å². The smallest absolute Gasteiger partial charge is 0.0964 e. The molecule has 8 heavy (non-hydrogen) atoms. The molecular weight excluding hydrogens is 316 g/mol. The van der Waals surface area contributed by atoms with Gasteiger partial charge in [-0.3, -0.25) is 0 Å². The summed E-state index contributed by atoms with van der Waals surface area (Å²) in [5.74, 6) is 0. The molecule has 0 heterocycles. The molecule has 0 N–H and O–H groups in total. The third-order valence-electron chi connectivity index (χ3n) is 0.814. The summed E-state index contributed by atoms with van der Waals surface area (Å²) in [6.45, 7) is 2.20. The fraction of sp³-hybridized carbons (Fsp3) is 1.00. The Morgan fingerprint density at radius 3 is 1.88 bits per heavy atom. The summed E-state index contributed by atoms with van der Waals surface area (Å²) < 4.78 is -1.24. The van der Waals surface area contributed by atoms with Crippen molar-refractivity contribution in [3.63, 3.8) is 0 Å². The van der Waals surface area contributed by atoms with E-state index in [0.717, 1.165) is 0 Å². The van der Waals surface area contributed by atoms with Crippen molar-refractivity contribution in [2.45, 2.75) is 25.8 Å². The van der Waals surface area contributed by atoms with Gasteiger partial charge >= 0.3 is 0 Å². The highest BCUT2D eigenvalue weighted by atomic mass is 80.0. The minimum atomic E-state index is -1.24. The molecule has 0 aromatic heterocycles. The van der Waals surface area contributed by atoms with Crippen molar-refractivity contribution in [3.05, 3.63) is 0 Å². The normalized spacial score (nSPS) is 12.0. The Hall–Kier alpha value is 1.66. The summed E-state index contributed by atoms with van der Waals surface area (Å²) in [5, 5.41) is 0. The highest BCUT2D eigenvalue weighted by Crippen LogP contribution is 2.33. The Balaban J connectivity index is 3.11. The fourth-order valence-electron chi connectivity index (χ4n) is 0.377. The van der Waals surface area contributed by atoms with Crippen molar-refractivity contribution in [1.29, 1.82) is 0 Å². The predicted octanol–water partition coefficient (Wildman–Crippen LogP) is 3.91. The molecule has 0 aromatic carbocycles. The van der Waals surface area contributed by atoms with Gasteiger partial charge in [-0.15, -0.1) is 0 Å². The van der Waals surface area contributed by atoms with Crippen LogP contribution in [0.2, 0.25) is 6.04 Å². The van der Waals surface area contributed by atoms with Gasteiger partial charge in [0.1, 0.15) is 0 Å². The molecule has 0 atom stereocenters. The van der Waals surface area contributed by atoms with E-state index < -0.39 is 3.93 Å². The molecule has 50 valence electrons. The number of unbranched alkanes of at least 4 members (excludes halogenated alkanes) is 1. The zero-order valence-electron chi connectivity index (χ0n) is 4.76. The van der Waals surface area contributed by atoms with E-state index in [1.54, 1.807) is 0 Å². The van der Waals surface area contributed by atoms with Gasteiger partial charge in [-0.05, 0) is 6.04 Å². The van der Waals surface area contributed by atoms with Gasteiger partial charge in [-0.1, -0.05) is 65.6 Å². The highest BCUT2D eigenvalue weighted by Gasteiger charge is 2.19. The maximum Gasteiger partial charge on any atom is 0.267 e. The Kier molecular flexibility index (Phi) is 5.39. The van der Waals surface area contributed by atoms with Gasteiger partial charge in [0, 0.05) is 0 Å². The quantitative estimate of drug-likeness (QED) is 0.545. The van der Waals surface area contributed by atoms with Gasteiger partial charge < -0.3 is 0 Å². The maximum absolute atomic E-state index is 3.55. The molecule has 0 saturated carbocycles. The second kappa shape index (κ2) is 4.47. The number of rotatable bonds is 3. The first-order valence-corrected chi connectivity index (χ1v) is 11.6. The van der Waals surface area contributed by atoms with Crippen molar-refractivity contribution < 1.29 is 0 Å². The van der Waals surface area contributed by atoms with E-state index >= 15 is 0 Å². The van der Waals surface area contributed by atoms with Crippen LogP contribution in [0, 0.1) is 0 Å². The van der Waals surface area contributed by atoms with E-state index in [0.29, 0.717) is 0 Å². The third kappa shape index (κ3) is 7.66. The van der Waals surface area contributed by atoms with Gasteiger partial charge in [0.25, 0.3) is 3.93 Å². The lowest BCUT2D eigenvalue weighted by molar-refractivity contribution is 0.881. The largest absolute Gasteiger partial charge is 0.267 e. The molecule has 0 aliphatic heterocycles. The lowest BCUT2D eigenvalue weighted by Crippen LogP contribution is -2.04. The summed E-state index contributed by atoms with van der Waals surface area (Å²) in [7, 11) is 0. The first-order valence-electron chi connectivity index (χ1n) is 2.63. The molecule has 0 aliphatic rings. The summed E-state index contributed by atoms with van der Waals surface area (Å²) >= 11 is 10.7. The minimum absolute atomic E-state index is 1.24. The predicted molar refractivity (Wildman–Crippen MR) is 52.3 cm³/mol. The molecule has 0 amide bonds. The Morgan fingerprint density at radius 1 is 1.25 bits per heavy atom. The van der Waals surface area contributed by atoms with E-state index in [1.165, 1.54) is 18.9 Å². The summed E-state index contributed by atoms with van der Waals surface area (Å²) in [6, 6.07) is 1.25. The van der Waals surface area contributed by atoms with E-state index in [4.69, 9.17) is 0 Å². The van der Waals surface area contributed by atoms with Crippen LogP contribution in [0.3, 0.4) is 0 Å². The van der Waals surface area contributed by atoms with Crippen molar-refractivity contribution in [2.75, 3.05) is 0 Å². The first-order chi connectivity index (χ1) is 3.56. The van der Waals surface area contributed by atoms with Gasteiger partial charge in [0.2, 0.25) is 0 Å². The molecule has 0 radical (unpaired) electrons. The summed E-state index contributed by atoms with van der Waals surface area (Å²) in [6.07, 6.45) is 2.57. The Bertz CT molecular complexity index is 58.8. The standard InChI is InChI=1S/C4H9Br3Si/c1-2-3-4-8(5,6)7/h2-4H2,1H3. The molecule has 0 nitrogen and oxygen atoms in total. The molecule has 0 aromatic rings. The monoisotopic (exact) mass is 322 g/mol. The van der Waals surface area contributed by atoms with Crippen LogP contribution in [0.5, 0.6) is 0 Å². The Morgan fingerprint density at radius 2 is 1.75 bits per heavy atom. The lowest BCUT2D eigenvalue weighted by atomic mass is 10.4. The number of halogens is 3. The number of hydrogen-bond donors (Lipinski definition) is 0. The van der Waals surface area contributed by atoms with Crippen LogP contribution in [-0.4, -0.2) is 3.93 Å². The van der Waals surface area contributed by atoms with Crippen LogP contribution >= 0.6 is 45.9 Å². The molecule has 4 heteroatoms. The van der Waals surface area contributed by atoms with Gasteiger partial charge in [-0.25, -0.2) is 0 Å². The molecule has 0 spiro atoms. The van der Waals surface area contributed by atoms with Crippen molar-refractivity contribution >= 4 is 49.8 Å². The van der Waals surface area contributed by atoms with Crippen LogP contribution in [0.25, 0.3) is 0 Å². The molecule has 0 rings (SSSR count). The van der Waals surface area contributed by atoms with Crippen LogP contribution in [0.1, 0.15) is 19.8 Å². The highest BCUT2D eigenvalue weighted by molar-refractivity contribution is 9.72. The SMILES string of the molecule is CCCC[Si](Br)(Br)Br. The summed E-state index contributed by atoms with van der Waals surface area (Å²) in [4.78, 5) is 0. The van der Waals surface area contributed by atoms with Crippen LogP contribution in [-0.2, 0) is 0 Å². The number of hydrogen-bond acceptors (Lipinski definition) is 0. The van der Waals surface area contributed by atoms with Crippen molar-refractivity contribution in [1.82, 2.24) is 0 Å². The van der Waals surface area contributed by atoms with Crippen molar-refractivity contribution in [3.8, 4) is 0 Å². The molecule has 0 unspecified atom stereocenters. The first kappa shape index (κ1) is 9.66. The summed E-state index contributed by atoms with van der Waals surface area (Å²) in [5.41, 5.74) is 0. The van der Waals surface area contributed by atoms with Crippen LogP contribution in [0.15, 0.2) is 0 Å². The third-order valence-corrected chi connectivity index (χ3v) is 5.30. The van der Waals surface area contributed by atoms with E-state index in [-0.39, 0.29) is 0 Å². The van der Waals surface area contributed by atoms with Gasteiger partial charge in [0.05, 0.1) is 0 Å². The molecular formula is C4H9Br3Si. The Labute approximate surface area is 75.2 Å². The van der Waals surface area contributed by atoms with Gasteiger partial charge in [-0.2, -0.15) is 0 Å². The average molecular weight is 325 g/mol. The maximum atomic E-state index is 3.55. The van der Waals surface area contributed by atoms with Crippen molar-refractivity contribution in [2.24, 2.45) is 0 Å². The van der Waals surface area contributed by atoms with Crippen LogP contribution < -0.4 is 0 Å². The van der Waals surface area contributed by atoms with Crippen LogP contribution in [0.4, 0.5) is 0 Å². The second-order valence-corrected chi connectivity index (χ2v) is 25.2. The minimum Gasteiger partial charge on any atom is -0.0964 e. The molecule has 0 aliphatic carbocycles. The topological polar surface area (TPSA) is 0 Å². The van der Waals surface area contributed by atoms with E-state index in [2.05, 4.69) is 52.8 Å². The second-order valence-electron chi connectivity index (χ2n) is 1.72. The molecule has 0 bridgehead atoms. The average Bonchev–Trinajstić information content (AvgIpc) is 1.59. The van der Waals surface area contributed by atoms with E-state index in [1.807, 2.05) is 0 Å². The fourth-order valence-corrected chi connectivity index (χ4v) is 3.65. The lowest BCUT2D eigenvalue weighted by Gasteiger charge is -2.05. The van der Waals surface area contributed by atoms with Gasteiger partial charge in [0.15, 0.2) is 0 Å². The molecule has 0 saturated heterocycles. The zero-order valence-corrected chi connectivity index (χ0v) is 10.5. The molecule has 0 fully saturated rings. The zero-order chi connectivity index (χ0) is 6.62.